The zero-order chi connectivity index (χ0) is 13.7. The first-order chi connectivity index (χ1) is 9.24. The number of rotatable bonds is 6. The van der Waals surface area contributed by atoms with Crippen LogP contribution in [0.25, 0.3) is 11.1 Å². The molecule has 2 aliphatic carbocycles. The van der Waals surface area contributed by atoms with Crippen LogP contribution in [0.4, 0.5) is 0 Å². The molecule has 0 spiro atoms. The van der Waals surface area contributed by atoms with E-state index in [1.807, 2.05) is 19.1 Å². The third-order valence-corrected chi connectivity index (χ3v) is 3.23. The molecule has 2 aliphatic rings. The van der Waals surface area contributed by atoms with Gasteiger partial charge in [-0.05, 0) is 30.0 Å². The van der Waals surface area contributed by atoms with Crippen molar-refractivity contribution in [3.8, 4) is 16.9 Å². The van der Waals surface area contributed by atoms with Crippen LogP contribution >= 0.6 is 0 Å². The van der Waals surface area contributed by atoms with Crippen LogP contribution in [0, 0.1) is 0 Å². The van der Waals surface area contributed by atoms with Gasteiger partial charge in [-0.1, -0.05) is 44.2 Å². The van der Waals surface area contributed by atoms with E-state index in [1.165, 1.54) is 16.7 Å². The summed E-state index contributed by atoms with van der Waals surface area (Å²) in [5.74, 6) is 1.46. The van der Waals surface area contributed by atoms with Crippen molar-refractivity contribution < 1.29 is 9.47 Å². The molecule has 0 radical (unpaired) electrons. The predicted molar refractivity (Wildman–Crippen MR) is 79.1 cm³/mol. The molecule has 0 fully saturated rings. The van der Waals surface area contributed by atoms with Crippen LogP contribution in [0.1, 0.15) is 32.3 Å². The highest BCUT2D eigenvalue weighted by Crippen LogP contribution is 2.37. The van der Waals surface area contributed by atoms with Gasteiger partial charge in [-0.25, -0.2) is 0 Å². The molecule has 0 aromatic rings. The molecule has 0 heterocycles. The first kappa shape index (κ1) is 13.9. The van der Waals surface area contributed by atoms with Gasteiger partial charge >= 0.3 is 0 Å². The Kier molecular flexibility index (Phi) is 4.80. The van der Waals surface area contributed by atoms with Crippen LogP contribution < -0.4 is 4.74 Å². The maximum atomic E-state index is 5.85. The highest BCUT2D eigenvalue weighted by Gasteiger charge is 2.14. The van der Waals surface area contributed by atoms with E-state index in [0.29, 0.717) is 19.1 Å². The largest absolute Gasteiger partial charge is 0.491 e. The smallest absolute Gasteiger partial charge is 0.127 e. The van der Waals surface area contributed by atoms with Crippen LogP contribution in [0.15, 0.2) is 36.4 Å². The second-order valence-electron chi connectivity index (χ2n) is 4.90. The Balaban J connectivity index is 2.21. The summed E-state index contributed by atoms with van der Waals surface area (Å²) in [5, 5.41) is 0. The molecule has 2 nitrogen and oxygen atoms in total. The van der Waals surface area contributed by atoms with Crippen LogP contribution in [0.5, 0.6) is 5.75 Å². The number of hydrogen-bond acceptors (Lipinski definition) is 2. The first-order valence-corrected chi connectivity index (χ1v) is 6.96. The Labute approximate surface area is 115 Å². The topological polar surface area (TPSA) is 18.5 Å². The Morgan fingerprint density at radius 3 is 2.47 bits per heavy atom. The Morgan fingerprint density at radius 2 is 1.74 bits per heavy atom. The van der Waals surface area contributed by atoms with E-state index in [2.05, 4.69) is 38.1 Å². The van der Waals surface area contributed by atoms with Crippen molar-refractivity contribution in [3.05, 3.63) is 42.0 Å². The van der Waals surface area contributed by atoms with Crippen LogP contribution in [-0.2, 0) is 4.74 Å². The molecule has 0 saturated heterocycles. The van der Waals surface area contributed by atoms with Crippen molar-refractivity contribution in [2.75, 3.05) is 19.8 Å². The second-order valence-corrected chi connectivity index (χ2v) is 4.90. The summed E-state index contributed by atoms with van der Waals surface area (Å²) in [6.07, 6.45) is 0. The van der Waals surface area contributed by atoms with Gasteiger partial charge in [0.05, 0.1) is 6.61 Å². The average Bonchev–Trinajstić information content (AvgIpc) is 2.71. The normalized spacial score (nSPS) is 11.2. The lowest BCUT2D eigenvalue weighted by molar-refractivity contribution is 0.110. The van der Waals surface area contributed by atoms with Gasteiger partial charge in [0.1, 0.15) is 12.4 Å². The van der Waals surface area contributed by atoms with Gasteiger partial charge in [0.2, 0.25) is 0 Å². The molecule has 19 heavy (non-hydrogen) atoms. The maximum Gasteiger partial charge on any atom is 0.127 e. The monoisotopic (exact) mass is 258 g/mol. The predicted octanol–water partition coefficient (Wildman–Crippen LogP) is 4.33. The van der Waals surface area contributed by atoms with Gasteiger partial charge in [0.15, 0.2) is 0 Å². The van der Waals surface area contributed by atoms with E-state index < -0.39 is 0 Å². The minimum Gasteiger partial charge on any atom is -0.491 e. The quantitative estimate of drug-likeness (QED) is 0.718. The third-order valence-electron chi connectivity index (χ3n) is 3.23. The molecular weight excluding hydrogens is 236 g/mol. The highest BCUT2D eigenvalue weighted by atomic mass is 16.5. The Bertz CT molecular complexity index is 491. The van der Waals surface area contributed by atoms with Crippen molar-refractivity contribution >= 4 is 0 Å². The zero-order valence-corrected chi connectivity index (χ0v) is 12.0. The molecule has 0 aliphatic heterocycles. The van der Waals surface area contributed by atoms with E-state index in [0.717, 1.165) is 12.4 Å². The Hall–Kier alpha value is -1.54. The minimum atomic E-state index is 0.524. The molecule has 0 bridgehead atoms. The first-order valence-electron chi connectivity index (χ1n) is 6.96. The van der Waals surface area contributed by atoms with Crippen molar-refractivity contribution in [2.45, 2.75) is 26.7 Å². The SMILES string of the molecule is CCOCCOc1ccccc2c(C(C)C)ccc1-2. The fourth-order valence-electron chi connectivity index (χ4n) is 2.28. The minimum absolute atomic E-state index is 0.524. The third kappa shape index (κ3) is 3.27. The van der Waals surface area contributed by atoms with Crippen molar-refractivity contribution in [1.29, 1.82) is 0 Å². The lowest BCUT2D eigenvalue weighted by Gasteiger charge is -2.10. The summed E-state index contributed by atoms with van der Waals surface area (Å²) < 4.78 is 11.2. The van der Waals surface area contributed by atoms with Gasteiger partial charge in [-0.2, -0.15) is 0 Å². The van der Waals surface area contributed by atoms with Gasteiger partial charge in [0, 0.05) is 12.2 Å². The molecular formula is C17H22O2. The van der Waals surface area contributed by atoms with Gasteiger partial charge < -0.3 is 9.47 Å². The van der Waals surface area contributed by atoms with E-state index in [4.69, 9.17) is 9.47 Å². The molecule has 0 unspecified atom stereocenters. The van der Waals surface area contributed by atoms with Crippen LogP contribution in [-0.4, -0.2) is 19.8 Å². The molecule has 0 atom stereocenters. The van der Waals surface area contributed by atoms with E-state index in [-0.39, 0.29) is 0 Å². The van der Waals surface area contributed by atoms with E-state index in [9.17, 15) is 0 Å². The van der Waals surface area contributed by atoms with Crippen LogP contribution in [0.2, 0.25) is 0 Å². The van der Waals surface area contributed by atoms with E-state index in [1.54, 1.807) is 0 Å². The van der Waals surface area contributed by atoms with Crippen molar-refractivity contribution in [3.63, 3.8) is 0 Å². The zero-order valence-electron chi connectivity index (χ0n) is 12.0. The van der Waals surface area contributed by atoms with Crippen LogP contribution in [0.3, 0.4) is 0 Å². The van der Waals surface area contributed by atoms with Crippen molar-refractivity contribution in [1.82, 2.24) is 0 Å². The molecule has 0 aromatic heterocycles. The lowest BCUT2D eigenvalue weighted by Crippen LogP contribution is -2.06. The molecule has 2 heteroatoms. The van der Waals surface area contributed by atoms with Gasteiger partial charge in [0.25, 0.3) is 0 Å². The number of ether oxygens (including phenoxy) is 2. The maximum absolute atomic E-state index is 5.85. The second kappa shape index (κ2) is 6.58. The number of fused-ring (bicyclic) bond motifs is 1. The van der Waals surface area contributed by atoms with Crippen molar-refractivity contribution in [2.24, 2.45) is 0 Å². The summed E-state index contributed by atoms with van der Waals surface area (Å²) in [7, 11) is 0. The molecule has 2 rings (SSSR count). The summed E-state index contributed by atoms with van der Waals surface area (Å²) in [6.45, 7) is 8.39. The summed E-state index contributed by atoms with van der Waals surface area (Å²) in [4.78, 5) is 0. The van der Waals surface area contributed by atoms with Gasteiger partial charge in [-0.15, -0.1) is 0 Å². The summed E-state index contributed by atoms with van der Waals surface area (Å²) >= 11 is 0. The molecule has 0 aromatic carbocycles. The number of hydrogen-bond donors (Lipinski definition) is 0. The molecule has 0 amide bonds. The Morgan fingerprint density at radius 1 is 0.947 bits per heavy atom. The molecule has 0 saturated carbocycles. The molecule has 0 N–H and O–H groups in total. The van der Waals surface area contributed by atoms with E-state index >= 15 is 0 Å². The lowest BCUT2D eigenvalue weighted by atomic mass is 10.0. The summed E-state index contributed by atoms with van der Waals surface area (Å²) in [5.41, 5.74) is 3.84. The average molecular weight is 258 g/mol. The fraction of sp³-hybridized carbons (Fsp3) is 0.412. The fourth-order valence-corrected chi connectivity index (χ4v) is 2.28. The standard InChI is InChI=1S/C17H22O2/c1-4-18-11-12-19-17-8-6-5-7-15-14(13(2)3)9-10-16(15)17/h5-10,13H,4,11-12H2,1-3H3. The highest BCUT2D eigenvalue weighted by molar-refractivity contribution is 5.76. The molecule has 102 valence electrons. The van der Waals surface area contributed by atoms with Gasteiger partial charge in [-0.3, -0.25) is 0 Å². The summed E-state index contributed by atoms with van der Waals surface area (Å²) in [6, 6.07) is 12.6.